The summed E-state index contributed by atoms with van der Waals surface area (Å²) in [5.41, 5.74) is 1.15. The molecule has 1 rings (SSSR count). The van der Waals surface area contributed by atoms with Gasteiger partial charge in [0.25, 0.3) is 0 Å². The SMILES string of the molecule is CCCNCCN(C)Cc1cc(OC)ccc1OC. The molecular weight excluding hydrogens is 240 g/mol. The van der Waals surface area contributed by atoms with Crippen LogP contribution < -0.4 is 14.8 Å². The number of ether oxygens (including phenoxy) is 2. The molecule has 0 aliphatic heterocycles. The Morgan fingerprint density at radius 1 is 1.16 bits per heavy atom. The Morgan fingerprint density at radius 3 is 2.58 bits per heavy atom. The molecular formula is C15H26N2O2. The molecule has 108 valence electrons. The number of likely N-dealkylation sites (N-methyl/N-ethyl adjacent to an activating group) is 1. The fraction of sp³-hybridized carbons (Fsp3) is 0.600. The lowest BCUT2D eigenvalue weighted by Crippen LogP contribution is -2.29. The molecule has 0 atom stereocenters. The minimum Gasteiger partial charge on any atom is -0.497 e. The zero-order valence-corrected chi connectivity index (χ0v) is 12.5. The highest BCUT2D eigenvalue weighted by molar-refractivity contribution is 5.40. The van der Waals surface area contributed by atoms with Gasteiger partial charge in [0, 0.05) is 25.2 Å². The van der Waals surface area contributed by atoms with Crippen LogP contribution in [-0.2, 0) is 6.54 Å². The van der Waals surface area contributed by atoms with E-state index in [0.717, 1.165) is 43.2 Å². The zero-order chi connectivity index (χ0) is 14.1. The van der Waals surface area contributed by atoms with Crippen LogP contribution in [0.1, 0.15) is 18.9 Å². The average Bonchev–Trinajstić information content (AvgIpc) is 2.43. The second-order valence-corrected chi connectivity index (χ2v) is 4.67. The van der Waals surface area contributed by atoms with Crippen LogP contribution in [0.3, 0.4) is 0 Å². The molecule has 0 heterocycles. The first kappa shape index (κ1) is 15.8. The summed E-state index contributed by atoms with van der Waals surface area (Å²) in [6.07, 6.45) is 1.17. The molecule has 0 radical (unpaired) electrons. The van der Waals surface area contributed by atoms with Crippen LogP contribution in [0.15, 0.2) is 18.2 Å². The van der Waals surface area contributed by atoms with Gasteiger partial charge in [-0.1, -0.05) is 6.92 Å². The Morgan fingerprint density at radius 2 is 1.95 bits per heavy atom. The first-order chi connectivity index (χ1) is 9.21. The molecule has 0 aromatic heterocycles. The van der Waals surface area contributed by atoms with Crippen LogP contribution in [-0.4, -0.2) is 45.8 Å². The highest BCUT2D eigenvalue weighted by Crippen LogP contribution is 2.24. The normalized spacial score (nSPS) is 10.8. The third-order valence-corrected chi connectivity index (χ3v) is 3.02. The van der Waals surface area contributed by atoms with Crippen LogP contribution in [0.25, 0.3) is 0 Å². The van der Waals surface area contributed by atoms with Crippen molar-refractivity contribution >= 4 is 0 Å². The van der Waals surface area contributed by atoms with E-state index < -0.39 is 0 Å². The predicted molar refractivity (Wildman–Crippen MR) is 79.0 cm³/mol. The summed E-state index contributed by atoms with van der Waals surface area (Å²) in [6, 6.07) is 5.91. The van der Waals surface area contributed by atoms with Crippen LogP contribution in [0.2, 0.25) is 0 Å². The van der Waals surface area contributed by atoms with Crippen molar-refractivity contribution in [1.29, 1.82) is 0 Å². The van der Waals surface area contributed by atoms with Crippen molar-refractivity contribution in [2.75, 3.05) is 40.9 Å². The van der Waals surface area contributed by atoms with E-state index in [-0.39, 0.29) is 0 Å². The zero-order valence-electron chi connectivity index (χ0n) is 12.5. The molecule has 1 aromatic rings. The summed E-state index contributed by atoms with van der Waals surface area (Å²) in [6.45, 7) is 6.14. The standard InChI is InChI=1S/C15H26N2O2/c1-5-8-16-9-10-17(2)12-13-11-14(18-3)6-7-15(13)19-4/h6-7,11,16H,5,8-10,12H2,1-4H3. The second-order valence-electron chi connectivity index (χ2n) is 4.67. The Balaban J connectivity index is 2.54. The molecule has 0 unspecified atom stereocenters. The topological polar surface area (TPSA) is 33.7 Å². The monoisotopic (exact) mass is 266 g/mol. The average molecular weight is 266 g/mol. The minimum atomic E-state index is 0.855. The van der Waals surface area contributed by atoms with E-state index in [2.05, 4.69) is 24.2 Å². The molecule has 4 heteroatoms. The van der Waals surface area contributed by atoms with E-state index in [1.165, 1.54) is 6.42 Å². The van der Waals surface area contributed by atoms with Crippen LogP contribution >= 0.6 is 0 Å². The molecule has 19 heavy (non-hydrogen) atoms. The number of nitrogens with one attached hydrogen (secondary N) is 1. The fourth-order valence-electron chi connectivity index (χ4n) is 1.95. The number of benzene rings is 1. The van der Waals surface area contributed by atoms with Gasteiger partial charge >= 0.3 is 0 Å². The largest absolute Gasteiger partial charge is 0.497 e. The highest BCUT2D eigenvalue weighted by atomic mass is 16.5. The van der Waals surface area contributed by atoms with Gasteiger partial charge in [0.2, 0.25) is 0 Å². The van der Waals surface area contributed by atoms with Crippen LogP contribution in [0, 0.1) is 0 Å². The summed E-state index contributed by atoms with van der Waals surface area (Å²) in [5.74, 6) is 1.78. The lowest BCUT2D eigenvalue weighted by atomic mass is 10.1. The van der Waals surface area contributed by atoms with E-state index in [0.29, 0.717) is 0 Å². The molecule has 0 bridgehead atoms. The van der Waals surface area contributed by atoms with Crippen molar-refractivity contribution in [3.8, 4) is 11.5 Å². The van der Waals surface area contributed by atoms with E-state index in [1.807, 2.05) is 18.2 Å². The quantitative estimate of drug-likeness (QED) is 0.694. The molecule has 4 nitrogen and oxygen atoms in total. The summed E-state index contributed by atoms with van der Waals surface area (Å²) >= 11 is 0. The number of hydrogen-bond acceptors (Lipinski definition) is 4. The summed E-state index contributed by atoms with van der Waals surface area (Å²) in [7, 11) is 5.50. The molecule has 0 saturated carbocycles. The van der Waals surface area contributed by atoms with Gasteiger partial charge in [-0.3, -0.25) is 0 Å². The molecule has 0 aliphatic carbocycles. The van der Waals surface area contributed by atoms with Gasteiger partial charge in [0.1, 0.15) is 11.5 Å². The molecule has 0 fully saturated rings. The second kappa shape index (κ2) is 8.77. The molecule has 1 N–H and O–H groups in total. The molecule has 0 aliphatic rings. The van der Waals surface area contributed by atoms with Crippen LogP contribution in [0.4, 0.5) is 0 Å². The van der Waals surface area contributed by atoms with Gasteiger partial charge < -0.3 is 19.7 Å². The maximum Gasteiger partial charge on any atom is 0.123 e. The maximum atomic E-state index is 5.39. The molecule has 0 saturated heterocycles. The third-order valence-electron chi connectivity index (χ3n) is 3.02. The molecule has 0 amide bonds. The van der Waals surface area contributed by atoms with Gasteiger partial charge in [0.15, 0.2) is 0 Å². The van der Waals surface area contributed by atoms with Gasteiger partial charge in [-0.05, 0) is 38.2 Å². The van der Waals surface area contributed by atoms with E-state index in [9.17, 15) is 0 Å². The van der Waals surface area contributed by atoms with Gasteiger partial charge in [0.05, 0.1) is 14.2 Å². The fourth-order valence-corrected chi connectivity index (χ4v) is 1.95. The number of methoxy groups -OCH3 is 2. The molecule has 0 spiro atoms. The maximum absolute atomic E-state index is 5.39. The lowest BCUT2D eigenvalue weighted by molar-refractivity contribution is 0.314. The Bertz CT molecular complexity index is 369. The summed E-state index contributed by atoms with van der Waals surface area (Å²) in [5, 5.41) is 3.41. The Labute approximate surface area is 116 Å². The smallest absolute Gasteiger partial charge is 0.123 e. The molecule has 1 aromatic carbocycles. The van der Waals surface area contributed by atoms with E-state index >= 15 is 0 Å². The third kappa shape index (κ3) is 5.49. The van der Waals surface area contributed by atoms with E-state index in [4.69, 9.17) is 9.47 Å². The van der Waals surface area contributed by atoms with Crippen molar-refractivity contribution < 1.29 is 9.47 Å². The van der Waals surface area contributed by atoms with Gasteiger partial charge in [-0.25, -0.2) is 0 Å². The van der Waals surface area contributed by atoms with Crippen molar-refractivity contribution in [3.05, 3.63) is 23.8 Å². The highest BCUT2D eigenvalue weighted by Gasteiger charge is 2.07. The number of hydrogen-bond donors (Lipinski definition) is 1. The first-order valence-corrected chi connectivity index (χ1v) is 6.81. The van der Waals surface area contributed by atoms with Crippen LogP contribution in [0.5, 0.6) is 11.5 Å². The van der Waals surface area contributed by atoms with E-state index in [1.54, 1.807) is 14.2 Å². The number of nitrogens with zero attached hydrogens (tertiary/aromatic N) is 1. The van der Waals surface area contributed by atoms with Crippen molar-refractivity contribution in [1.82, 2.24) is 10.2 Å². The Hall–Kier alpha value is -1.26. The van der Waals surface area contributed by atoms with Crippen molar-refractivity contribution in [3.63, 3.8) is 0 Å². The van der Waals surface area contributed by atoms with Gasteiger partial charge in [-0.2, -0.15) is 0 Å². The lowest BCUT2D eigenvalue weighted by Gasteiger charge is -2.19. The van der Waals surface area contributed by atoms with Crippen molar-refractivity contribution in [2.45, 2.75) is 19.9 Å². The van der Waals surface area contributed by atoms with Gasteiger partial charge in [-0.15, -0.1) is 0 Å². The predicted octanol–water partition coefficient (Wildman–Crippen LogP) is 2.14. The van der Waals surface area contributed by atoms with Crippen molar-refractivity contribution in [2.24, 2.45) is 0 Å². The Kier molecular flexibility index (Phi) is 7.30. The minimum absolute atomic E-state index is 0.855. The summed E-state index contributed by atoms with van der Waals surface area (Å²) in [4.78, 5) is 2.28. The summed E-state index contributed by atoms with van der Waals surface area (Å²) < 4.78 is 10.7. The number of rotatable bonds is 9. The first-order valence-electron chi connectivity index (χ1n) is 6.81.